The van der Waals surface area contributed by atoms with Crippen LogP contribution in [0.4, 0.5) is 10.1 Å². The second-order valence-electron chi connectivity index (χ2n) is 6.99. The summed E-state index contributed by atoms with van der Waals surface area (Å²) in [5.41, 5.74) is 2.13. The lowest BCUT2D eigenvalue weighted by atomic mass is 10.1. The molecule has 29 heavy (non-hydrogen) atoms. The third-order valence-corrected chi connectivity index (χ3v) is 6.09. The highest BCUT2D eigenvalue weighted by molar-refractivity contribution is 7.12. The lowest BCUT2D eigenvalue weighted by molar-refractivity contribution is 0.0934. The Labute approximate surface area is 173 Å². The van der Waals surface area contributed by atoms with Crippen LogP contribution >= 0.6 is 11.3 Å². The van der Waals surface area contributed by atoms with Crippen molar-refractivity contribution in [3.63, 3.8) is 0 Å². The van der Waals surface area contributed by atoms with Crippen molar-refractivity contribution in [2.24, 2.45) is 0 Å². The van der Waals surface area contributed by atoms with Crippen LogP contribution in [0.1, 0.15) is 21.3 Å². The zero-order valence-electron chi connectivity index (χ0n) is 16.0. The van der Waals surface area contributed by atoms with E-state index in [2.05, 4.69) is 26.2 Å². The number of nitrogens with zero attached hydrogens (tertiary/aromatic N) is 3. The van der Waals surface area contributed by atoms with Crippen molar-refractivity contribution in [1.82, 2.24) is 15.2 Å². The van der Waals surface area contributed by atoms with Gasteiger partial charge in [0.05, 0.1) is 10.9 Å². The van der Waals surface area contributed by atoms with Gasteiger partial charge in [-0.25, -0.2) is 4.39 Å². The van der Waals surface area contributed by atoms with Gasteiger partial charge in [-0.1, -0.05) is 12.1 Å². The lowest BCUT2D eigenvalue weighted by Gasteiger charge is -2.40. The van der Waals surface area contributed by atoms with Gasteiger partial charge < -0.3 is 10.2 Å². The average Bonchev–Trinajstić information content (AvgIpc) is 3.31. The third kappa shape index (κ3) is 4.81. The summed E-state index contributed by atoms with van der Waals surface area (Å²) in [5.74, 6) is -0.260. The minimum absolute atomic E-state index is 0.0427. The van der Waals surface area contributed by atoms with E-state index in [0.29, 0.717) is 6.54 Å². The number of anilines is 1. The van der Waals surface area contributed by atoms with E-state index >= 15 is 0 Å². The lowest BCUT2D eigenvalue weighted by Crippen LogP contribution is -2.50. The summed E-state index contributed by atoms with van der Waals surface area (Å²) in [6.07, 6.45) is 3.63. The standard InChI is InChI=1S/C22H23FN4OS/c23-18-5-7-19(8-6-18)26-10-12-27(13-11-26)20(17-3-1-9-24-15-17)16-25-22(28)21-4-2-14-29-21/h1-9,14-15,20H,10-13,16H2,(H,25,28)/t20-/m0/s1. The fraction of sp³-hybridized carbons (Fsp3) is 0.273. The molecule has 2 aromatic heterocycles. The smallest absolute Gasteiger partial charge is 0.261 e. The number of nitrogens with one attached hydrogen (secondary N) is 1. The maximum atomic E-state index is 13.2. The van der Waals surface area contributed by atoms with Crippen molar-refractivity contribution < 1.29 is 9.18 Å². The molecule has 4 rings (SSSR count). The number of benzene rings is 1. The molecule has 0 bridgehead atoms. The molecule has 3 heterocycles. The van der Waals surface area contributed by atoms with Gasteiger partial charge >= 0.3 is 0 Å². The SMILES string of the molecule is O=C(NC[C@@H](c1cccnc1)N1CCN(c2ccc(F)cc2)CC1)c1cccs1. The molecule has 1 atom stereocenters. The third-order valence-electron chi connectivity index (χ3n) is 5.22. The van der Waals surface area contributed by atoms with Crippen molar-refractivity contribution in [3.05, 3.63) is 82.6 Å². The van der Waals surface area contributed by atoms with Crippen LogP contribution in [0.25, 0.3) is 0 Å². The van der Waals surface area contributed by atoms with Gasteiger partial charge in [0.25, 0.3) is 5.91 Å². The first-order chi connectivity index (χ1) is 14.2. The minimum atomic E-state index is -0.217. The van der Waals surface area contributed by atoms with Gasteiger partial charge in [-0.15, -0.1) is 11.3 Å². The fourth-order valence-corrected chi connectivity index (χ4v) is 4.30. The van der Waals surface area contributed by atoms with E-state index in [4.69, 9.17) is 0 Å². The van der Waals surface area contributed by atoms with Gasteiger partial charge in [-0.2, -0.15) is 0 Å². The van der Waals surface area contributed by atoms with Gasteiger partial charge in [0, 0.05) is 50.8 Å². The normalized spacial score (nSPS) is 15.8. The molecule has 1 saturated heterocycles. The van der Waals surface area contributed by atoms with E-state index < -0.39 is 0 Å². The number of halogens is 1. The number of thiophene rings is 1. The van der Waals surface area contributed by atoms with Crippen molar-refractivity contribution in [1.29, 1.82) is 0 Å². The van der Waals surface area contributed by atoms with Crippen molar-refractivity contribution in [2.45, 2.75) is 6.04 Å². The van der Waals surface area contributed by atoms with E-state index in [1.165, 1.54) is 23.5 Å². The number of pyridine rings is 1. The molecule has 1 aliphatic heterocycles. The summed E-state index contributed by atoms with van der Waals surface area (Å²) >= 11 is 1.44. The fourth-order valence-electron chi connectivity index (χ4n) is 3.66. The second kappa shape index (κ2) is 9.15. The van der Waals surface area contributed by atoms with E-state index in [1.54, 1.807) is 6.20 Å². The first kappa shape index (κ1) is 19.5. The predicted octanol–water partition coefficient (Wildman–Crippen LogP) is 3.58. The molecule has 1 aromatic carbocycles. The average molecular weight is 411 g/mol. The minimum Gasteiger partial charge on any atom is -0.369 e. The molecule has 1 aliphatic rings. The van der Waals surface area contributed by atoms with Crippen LogP contribution < -0.4 is 10.2 Å². The summed E-state index contributed by atoms with van der Waals surface area (Å²) in [6, 6.07) is 14.4. The van der Waals surface area contributed by atoms with E-state index in [0.717, 1.165) is 42.3 Å². The maximum Gasteiger partial charge on any atom is 0.261 e. The van der Waals surface area contributed by atoms with Crippen molar-refractivity contribution >= 4 is 22.9 Å². The zero-order chi connectivity index (χ0) is 20.1. The van der Waals surface area contributed by atoms with E-state index in [-0.39, 0.29) is 17.8 Å². The Hall–Kier alpha value is -2.77. The van der Waals surface area contributed by atoms with Gasteiger partial charge in [-0.05, 0) is 47.3 Å². The van der Waals surface area contributed by atoms with Gasteiger partial charge in [0.2, 0.25) is 0 Å². The molecule has 1 amide bonds. The predicted molar refractivity (Wildman–Crippen MR) is 114 cm³/mol. The molecular formula is C22H23FN4OS. The van der Waals surface area contributed by atoms with Crippen LogP contribution in [0, 0.1) is 5.82 Å². The molecule has 0 aliphatic carbocycles. The quantitative estimate of drug-likeness (QED) is 0.675. The number of amides is 1. The Balaban J connectivity index is 1.43. The monoisotopic (exact) mass is 410 g/mol. The molecule has 3 aromatic rings. The summed E-state index contributed by atoms with van der Waals surface area (Å²) < 4.78 is 13.2. The Morgan fingerprint density at radius 2 is 1.90 bits per heavy atom. The topological polar surface area (TPSA) is 48.5 Å². The maximum absolute atomic E-state index is 13.2. The molecule has 0 saturated carbocycles. The van der Waals surface area contributed by atoms with E-state index in [9.17, 15) is 9.18 Å². The summed E-state index contributed by atoms with van der Waals surface area (Å²) in [7, 11) is 0. The number of hydrogen-bond acceptors (Lipinski definition) is 5. The number of carbonyl (C=O) groups is 1. The van der Waals surface area contributed by atoms with Gasteiger partial charge in [0.1, 0.15) is 5.82 Å². The Morgan fingerprint density at radius 3 is 2.55 bits per heavy atom. The number of hydrogen-bond donors (Lipinski definition) is 1. The summed E-state index contributed by atoms with van der Waals surface area (Å²) in [6.45, 7) is 3.93. The zero-order valence-corrected chi connectivity index (χ0v) is 16.8. The Bertz CT molecular complexity index is 910. The molecule has 5 nitrogen and oxygen atoms in total. The molecule has 1 N–H and O–H groups in total. The highest BCUT2D eigenvalue weighted by Gasteiger charge is 2.26. The van der Waals surface area contributed by atoms with Crippen LogP contribution in [0.2, 0.25) is 0 Å². The highest BCUT2D eigenvalue weighted by atomic mass is 32.1. The number of aromatic nitrogens is 1. The number of carbonyl (C=O) groups excluding carboxylic acids is 1. The molecule has 7 heteroatoms. The van der Waals surface area contributed by atoms with Crippen LogP contribution in [-0.2, 0) is 0 Å². The Morgan fingerprint density at radius 1 is 1.10 bits per heavy atom. The highest BCUT2D eigenvalue weighted by Crippen LogP contribution is 2.24. The molecule has 1 fully saturated rings. The van der Waals surface area contributed by atoms with Crippen LogP contribution in [0.5, 0.6) is 0 Å². The number of piperazine rings is 1. The summed E-state index contributed by atoms with van der Waals surface area (Å²) in [4.78, 5) is 22.0. The first-order valence-electron chi connectivity index (χ1n) is 9.67. The molecule has 0 spiro atoms. The molecule has 0 radical (unpaired) electrons. The van der Waals surface area contributed by atoms with Gasteiger partial charge in [0.15, 0.2) is 0 Å². The van der Waals surface area contributed by atoms with Crippen LogP contribution in [-0.4, -0.2) is 48.5 Å². The number of rotatable bonds is 6. The van der Waals surface area contributed by atoms with Crippen molar-refractivity contribution in [2.75, 3.05) is 37.6 Å². The Kier molecular flexibility index (Phi) is 6.17. The first-order valence-corrected chi connectivity index (χ1v) is 10.5. The molecular weight excluding hydrogens is 387 g/mol. The van der Waals surface area contributed by atoms with Crippen LogP contribution in [0.15, 0.2) is 66.3 Å². The molecule has 0 unspecified atom stereocenters. The summed E-state index contributed by atoms with van der Waals surface area (Å²) in [5, 5.41) is 4.98. The van der Waals surface area contributed by atoms with Crippen LogP contribution in [0.3, 0.4) is 0 Å². The molecule has 150 valence electrons. The van der Waals surface area contributed by atoms with Gasteiger partial charge in [-0.3, -0.25) is 14.7 Å². The van der Waals surface area contributed by atoms with E-state index in [1.807, 2.05) is 41.9 Å². The van der Waals surface area contributed by atoms with Crippen molar-refractivity contribution in [3.8, 4) is 0 Å². The largest absolute Gasteiger partial charge is 0.369 e. The second-order valence-corrected chi connectivity index (χ2v) is 7.94.